The molecule has 382 valence electrons. The van der Waals surface area contributed by atoms with E-state index in [4.69, 9.17) is 30.5 Å². The molecular formula is C48H63ClN2O15S3-2. The van der Waals surface area contributed by atoms with Crippen molar-refractivity contribution in [2.75, 3.05) is 77.1 Å². The molecule has 0 saturated carbocycles. The number of ether oxygens (including phenoxy) is 4. The molecule has 17 nitrogen and oxygen atoms in total. The number of methoxy groups -OCH3 is 1. The highest BCUT2D eigenvalue weighted by Gasteiger charge is 2.48. The second-order valence-corrected chi connectivity index (χ2v) is 22.3. The number of aliphatic carboxylic acids is 1. The van der Waals surface area contributed by atoms with Crippen LogP contribution in [0, 0.1) is 0 Å². The SMILES string of the molecule is CCN1/C(=C/C=C2\CCCC(/C=C/C3=[N+](CCCCCC(=O)O)c4ccc(S(=O)(=O)[O-])cc4C3(C)CCOCCOCCOCCOC)=C2Cl)C(C)(CCCS(=O)(=O)[O-])c2cc(S(=O)(=O)[O-])ccc21. The monoisotopic (exact) mass is 1040 g/mol. The van der Waals surface area contributed by atoms with Crippen LogP contribution in [0.2, 0.25) is 0 Å². The van der Waals surface area contributed by atoms with E-state index in [0.717, 1.165) is 23.3 Å². The van der Waals surface area contributed by atoms with E-state index >= 15 is 0 Å². The lowest BCUT2D eigenvalue weighted by atomic mass is 9.76. The first-order valence-corrected chi connectivity index (χ1v) is 27.8. The van der Waals surface area contributed by atoms with Crippen LogP contribution in [-0.4, -0.2) is 132 Å². The minimum atomic E-state index is -4.83. The topological polar surface area (TPSA) is 252 Å². The first-order valence-electron chi connectivity index (χ1n) is 23.0. The van der Waals surface area contributed by atoms with Crippen molar-refractivity contribution >= 4 is 65.0 Å². The van der Waals surface area contributed by atoms with Gasteiger partial charge in [-0.1, -0.05) is 23.8 Å². The number of nitrogens with zero attached hydrogens (tertiary/aromatic N) is 2. The summed E-state index contributed by atoms with van der Waals surface area (Å²) in [6.45, 7) is 9.21. The Morgan fingerprint density at radius 1 is 0.783 bits per heavy atom. The van der Waals surface area contributed by atoms with Crippen molar-refractivity contribution < 1.29 is 72.3 Å². The molecule has 5 rings (SSSR count). The number of anilines is 1. The third kappa shape index (κ3) is 14.7. The van der Waals surface area contributed by atoms with Gasteiger partial charge in [-0.3, -0.25) is 4.79 Å². The molecule has 2 aromatic rings. The molecule has 1 aliphatic carbocycles. The van der Waals surface area contributed by atoms with Crippen molar-refractivity contribution in [3.05, 3.63) is 93.7 Å². The van der Waals surface area contributed by atoms with E-state index in [1.165, 1.54) is 24.3 Å². The first kappa shape index (κ1) is 56.1. The number of fused-ring (bicyclic) bond motifs is 2. The quantitative estimate of drug-likeness (QED) is 0.0526. The predicted octanol–water partition coefficient (Wildman–Crippen LogP) is 6.75. The van der Waals surface area contributed by atoms with Gasteiger partial charge in [-0.2, -0.15) is 4.58 Å². The fourth-order valence-corrected chi connectivity index (χ4v) is 11.1. The molecular weight excluding hydrogens is 976 g/mol. The van der Waals surface area contributed by atoms with Crippen LogP contribution in [0.15, 0.2) is 92.4 Å². The fraction of sp³-hybridized carbons (Fsp3) is 0.542. The van der Waals surface area contributed by atoms with Crippen LogP contribution in [0.25, 0.3) is 0 Å². The molecule has 1 N–H and O–H groups in total. The molecule has 69 heavy (non-hydrogen) atoms. The van der Waals surface area contributed by atoms with Gasteiger partial charge >= 0.3 is 5.97 Å². The van der Waals surface area contributed by atoms with E-state index < -0.39 is 57.8 Å². The predicted molar refractivity (Wildman–Crippen MR) is 257 cm³/mol. The smallest absolute Gasteiger partial charge is 0.303 e. The van der Waals surface area contributed by atoms with Crippen LogP contribution < -0.4 is 4.90 Å². The van der Waals surface area contributed by atoms with Crippen molar-refractivity contribution in [2.24, 2.45) is 0 Å². The normalized spacial score (nSPS) is 21.1. The van der Waals surface area contributed by atoms with Crippen LogP contribution in [0.1, 0.15) is 96.1 Å². The molecule has 0 bridgehead atoms. The highest BCUT2D eigenvalue weighted by molar-refractivity contribution is 7.86. The number of benzene rings is 2. The number of carbonyl (C=O) groups is 1. The number of halogens is 1. The lowest BCUT2D eigenvalue weighted by molar-refractivity contribution is -0.438. The third-order valence-corrected chi connectivity index (χ3v) is 15.9. The molecule has 2 atom stereocenters. The Morgan fingerprint density at radius 2 is 1.41 bits per heavy atom. The van der Waals surface area contributed by atoms with Crippen molar-refractivity contribution in [1.29, 1.82) is 0 Å². The first-order chi connectivity index (χ1) is 32.5. The van der Waals surface area contributed by atoms with Gasteiger partial charge in [0.15, 0.2) is 5.71 Å². The molecule has 0 amide bonds. The maximum absolute atomic E-state index is 12.4. The van der Waals surface area contributed by atoms with E-state index in [1.807, 2.05) is 50.0 Å². The number of allylic oxidation sites excluding steroid dienone is 8. The molecule has 2 heterocycles. The van der Waals surface area contributed by atoms with Gasteiger partial charge in [0.25, 0.3) is 0 Å². The highest BCUT2D eigenvalue weighted by Crippen LogP contribution is 2.51. The van der Waals surface area contributed by atoms with E-state index in [1.54, 1.807) is 19.2 Å². The van der Waals surface area contributed by atoms with Crippen LogP contribution in [0.4, 0.5) is 11.4 Å². The maximum Gasteiger partial charge on any atom is 0.303 e. The summed E-state index contributed by atoms with van der Waals surface area (Å²) in [5.41, 5.74) is 3.78. The number of rotatable bonds is 28. The standard InChI is InChI=1S/C48H65ClN2O15S3/c1-5-50-41-18-16-37(68(57,58)59)33-39(41)47(2,22-10-32-67(54,55)56)43(50)20-14-35-11-9-12-36(46(35)49)15-21-44-48(3,23-25-64-28-29-66-31-30-65-27-26-63-4)40-34-38(69(60,61)62)17-19-42(40)51(44)24-8-6-7-13-45(52)53/h14-21,33-34H,5-13,22-32H2,1-4H3,(H3-,52,53,54,55,56,57,58,59,60,61,62)/p-2. The number of likely N-dealkylation sites (N-methyl/N-ethyl adjacent to an activating group) is 1. The minimum absolute atomic E-state index is 0.0153. The Morgan fingerprint density at radius 3 is 2.01 bits per heavy atom. The average Bonchev–Trinajstić information content (AvgIpc) is 3.65. The summed E-state index contributed by atoms with van der Waals surface area (Å²) in [7, 11) is -12.6. The van der Waals surface area contributed by atoms with E-state index in [2.05, 4.69) is 4.58 Å². The lowest BCUT2D eigenvalue weighted by Crippen LogP contribution is -2.33. The number of unbranched alkanes of at least 4 members (excludes halogenated alkanes) is 2. The Hall–Kier alpha value is -3.80. The van der Waals surface area contributed by atoms with Gasteiger partial charge in [0.05, 0.1) is 65.0 Å². The Labute approximate surface area is 411 Å². The highest BCUT2D eigenvalue weighted by atomic mass is 35.5. The zero-order valence-corrected chi connectivity index (χ0v) is 42.8. The van der Waals surface area contributed by atoms with Gasteiger partial charge in [0.1, 0.15) is 26.8 Å². The second kappa shape index (κ2) is 24.6. The largest absolute Gasteiger partial charge is 0.748 e. The molecule has 0 fully saturated rings. The van der Waals surface area contributed by atoms with Crippen molar-refractivity contribution in [3.63, 3.8) is 0 Å². The van der Waals surface area contributed by atoms with Crippen LogP contribution >= 0.6 is 11.6 Å². The molecule has 0 aromatic heterocycles. The molecule has 2 aliphatic heterocycles. The Balaban J connectivity index is 1.51. The molecule has 2 unspecified atom stereocenters. The van der Waals surface area contributed by atoms with Crippen LogP contribution in [0.5, 0.6) is 0 Å². The van der Waals surface area contributed by atoms with E-state index in [-0.39, 0.29) is 37.4 Å². The van der Waals surface area contributed by atoms with E-state index in [0.29, 0.717) is 118 Å². The lowest BCUT2D eigenvalue weighted by Gasteiger charge is -2.30. The molecule has 0 saturated heterocycles. The molecule has 2 aromatic carbocycles. The number of carboxylic acids is 1. The van der Waals surface area contributed by atoms with E-state index in [9.17, 15) is 48.8 Å². The molecule has 0 spiro atoms. The zero-order valence-electron chi connectivity index (χ0n) is 39.6. The van der Waals surface area contributed by atoms with Gasteiger partial charge in [-0.05, 0) is 125 Å². The number of hydrogen-bond donors (Lipinski definition) is 1. The molecule has 0 radical (unpaired) electrons. The summed E-state index contributed by atoms with van der Waals surface area (Å²) in [6, 6.07) is 8.50. The van der Waals surface area contributed by atoms with Crippen molar-refractivity contribution in [2.45, 2.75) is 106 Å². The summed E-state index contributed by atoms with van der Waals surface area (Å²) in [6.07, 6.45) is 11.9. The van der Waals surface area contributed by atoms with Gasteiger partial charge in [-0.15, -0.1) is 0 Å². The minimum Gasteiger partial charge on any atom is -0.748 e. The Bertz CT molecular complexity index is 2680. The number of hydrogen-bond acceptors (Lipinski definition) is 15. The van der Waals surface area contributed by atoms with Crippen LogP contribution in [-0.2, 0) is 64.9 Å². The average molecular weight is 1040 g/mol. The summed E-state index contributed by atoms with van der Waals surface area (Å²) >= 11 is 7.25. The van der Waals surface area contributed by atoms with Crippen LogP contribution in [0.3, 0.4) is 0 Å². The summed E-state index contributed by atoms with van der Waals surface area (Å²) in [5.74, 6) is -1.51. The summed E-state index contributed by atoms with van der Waals surface area (Å²) in [5, 5.41) is 9.74. The van der Waals surface area contributed by atoms with Gasteiger partial charge in [0.2, 0.25) is 5.69 Å². The molecule has 3 aliphatic rings. The number of carboxylic acid groups (broad SMARTS) is 1. The summed E-state index contributed by atoms with van der Waals surface area (Å²) < 4.78 is 133. The van der Waals surface area contributed by atoms with Gasteiger partial charge < -0.3 is 42.6 Å². The zero-order chi connectivity index (χ0) is 50.6. The maximum atomic E-state index is 12.4. The second-order valence-electron chi connectivity index (χ2n) is 17.6. The summed E-state index contributed by atoms with van der Waals surface area (Å²) in [4.78, 5) is 12.5. The van der Waals surface area contributed by atoms with Gasteiger partial charge in [0, 0.05) is 78.4 Å². The van der Waals surface area contributed by atoms with Gasteiger partial charge in [-0.25, -0.2) is 25.3 Å². The third-order valence-electron chi connectivity index (χ3n) is 12.9. The fourth-order valence-electron chi connectivity index (χ4n) is 9.33. The van der Waals surface area contributed by atoms with Crippen molar-refractivity contribution in [1.82, 2.24) is 0 Å². The Kier molecular flexibility index (Phi) is 20.0. The molecule has 21 heteroatoms. The van der Waals surface area contributed by atoms with Crippen molar-refractivity contribution in [3.8, 4) is 0 Å².